The zero-order valence-corrected chi connectivity index (χ0v) is 10.6. The second-order valence-corrected chi connectivity index (χ2v) is 4.45. The van der Waals surface area contributed by atoms with Gasteiger partial charge in [0.2, 0.25) is 6.79 Å². The summed E-state index contributed by atoms with van der Waals surface area (Å²) in [7, 11) is 0. The fourth-order valence-electron chi connectivity index (χ4n) is 2.23. The van der Waals surface area contributed by atoms with Crippen molar-refractivity contribution in [1.82, 2.24) is 14.6 Å². The molecular weight excluding hydrogens is 256 g/mol. The predicted octanol–water partition coefficient (Wildman–Crippen LogP) is 2.07. The van der Waals surface area contributed by atoms with Gasteiger partial charge in [-0.25, -0.2) is 9.50 Å². The average Bonchev–Trinajstić information content (AvgIpc) is 3.13. The number of hydrogen-bond acceptors (Lipinski definition) is 5. The minimum Gasteiger partial charge on any atom is -0.454 e. The van der Waals surface area contributed by atoms with Gasteiger partial charge in [0.15, 0.2) is 17.1 Å². The predicted molar refractivity (Wildman–Crippen MR) is 72.9 cm³/mol. The number of rotatable bonds is 3. The molecule has 0 unspecified atom stereocenters. The molecule has 0 atom stereocenters. The third kappa shape index (κ3) is 1.82. The van der Waals surface area contributed by atoms with Gasteiger partial charge in [0.1, 0.15) is 5.82 Å². The van der Waals surface area contributed by atoms with Gasteiger partial charge >= 0.3 is 0 Å². The van der Waals surface area contributed by atoms with Crippen molar-refractivity contribution in [3.8, 4) is 11.5 Å². The lowest BCUT2D eigenvalue weighted by Crippen LogP contribution is -2.03. The summed E-state index contributed by atoms with van der Waals surface area (Å²) < 4.78 is 12.6. The molecule has 0 saturated carbocycles. The quantitative estimate of drug-likeness (QED) is 0.788. The molecule has 100 valence electrons. The van der Waals surface area contributed by atoms with Crippen molar-refractivity contribution in [2.24, 2.45) is 0 Å². The van der Waals surface area contributed by atoms with Gasteiger partial charge in [-0.2, -0.15) is 5.10 Å². The Bertz CT molecular complexity index is 769. The highest BCUT2D eigenvalue weighted by molar-refractivity contribution is 5.51. The normalized spacial score (nSPS) is 12.8. The number of nitrogens with one attached hydrogen (secondary N) is 1. The zero-order valence-electron chi connectivity index (χ0n) is 10.6. The Labute approximate surface area is 115 Å². The van der Waals surface area contributed by atoms with E-state index in [2.05, 4.69) is 15.4 Å². The molecule has 4 rings (SSSR count). The summed E-state index contributed by atoms with van der Waals surface area (Å²) in [6.45, 7) is 0.913. The van der Waals surface area contributed by atoms with E-state index in [1.54, 1.807) is 10.7 Å². The molecule has 1 aromatic carbocycles. The van der Waals surface area contributed by atoms with Crippen LogP contribution in [0.15, 0.2) is 42.7 Å². The van der Waals surface area contributed by atoms with E-state index >= 15 is 0 Å². The van der Waals surface area contributed by atoms with Crippen molar-refractivity contribution in [3.05, 3.63) is 48.3 Å². The number of aromatic nitrogens is 3. The lowest BCUT2D eigenvalue weighted by molar-refractivity contribution is 0.173. The van der Waals surface area contributed by atoms with Crippen LogP contribution in [0.5, 0.6) is 11.5 Å². The minimum absolute atomic E-state index is 0.284. The fraction of sp³-hybridized carbons (Fsp3) is 0.143. The summed E-state index contributed by atoms with van der Waals surface area (Å²) in [5, 5.41) is 7.40. The van der Waals surface area contributed by atoms with Crippen LogP contribution in [0.1, 0.15) is 5.56 Å². The number of hydrogen-bond donors (Lipinski definition) is 1. The van der Waals surface area contributed by atoms with Crippen LogP contribution < -0.4 is 14.8 Å². The van der Waals surface area contributed by atoms with E-state index in [0.717, 1.165) is 28.5 Å². The lowest BCUT2D eigenvalue weighted by Gasteiger charge is -2.08. The average molecular weight is 268 g/mol. The van der Waals surface area contributed by atoms with Gasteiger partial charge in [-0.1, -0.05) is 12.1 Å². The van der Waals surface area contributed by atoms with Gasteiger partial charge in [-0.3, -0.25) is 0 Å². The van der Waals surface area contributed by atoms with Crippen LogP contribution in [0.3, 0.4) is 0 Å². The number of para-hydroxylation sites is 1. The molecule has 0 saturated heterocycles. The van der Waals surface area contributed by atoms with E-state index in [-0.39, 0.29) is 6.79 Å². The molecule has 20 heavy (non-hydrogen) atoms. The standard InChI is InChI=1S/C14H12N4O2/c1-2-10(14-11(3-1)19-9-20-14)8-15-12-5-7-18-13(17-12)4-6-16-18/h1-7H,8-9H2,(H,15,17). The van der Waals surface area contributed by atoms with E-state index in [4.69, 9.17) is 9.47 Å². The summed E-state index contributed by atoms with van der Waals surface area (Å²) in [5.74, 6) is 2.41. The maximum absolute atomic E-state index is 5.48. The molecular formula is C14H12N4O2. The first-order chi connectivity index (χ1) is 9.90. The highest BCUT2D eigenvalue weighted by atomic mass is 16.7. The van der Waals surface area contributed by atoms with E-state index < -0.39 is 0 Å². The summed E-state index contributed by atoms with van der Waals surface area (Å²) in [5.41, 5.74) is 1.86. The van der Waals surface area contributed by atoms with Crippen LogP contribution in [0, 0.1) is 0 Å². The fourth-order valence-corrected chi connectivity index (χ4v) is 2.23. The monoisotopic (exact) mass is 268 g/mol. The van der Waals surface area contributed by atoms with Gasteiger partial charge in [0.05, 0.1) is 6.20 Å². The van der Waals surface area contributed by atoms with E-state index in [0.29, 0.717) is 6.54 Å². The molecule has 3 heterocycles. The summed E-state index contributed by atoms with van der Waals surface area (Å²) in [6.07, 6.45) is 3.60. The van der Waals surface area contributed by atoms with Gasteiger partial charge < -0.3 is 14.8 Å². The summed E-state index contributed by atoms with van der Waals surface area (Å²) in [4.78, 5) is 4.46. The molecule has 6 nitrogen and oxygen atoms in total. The van der Waals surface area contributed by atoms with Crippen molar-refractivity contribution < 1.29 is 9.47 Å². The van der Waals surface area contributed by atoms with Crippen LogP contribution in [0.4, 0.5) is 5.82 Å². The SMILES string of the molecule is c1cc(CNc2ccn3nccc3n2)c2c(c1)OCO2. The molecule has 1 N–H and O–H groups in total. The molecule has 0 amide bonds. The number of fused-ring (bicyclic) bond motifs is 2. The Hall–Kier alpha value is -2.76. The molecule has 3 aromatic rings. The molecule has 0 spiro atoms. The van der Waals surface area contributed by atoms with Crippen LogP contribution in [0.25, 0.3) is 5.65 Å². The van der Waals surface area contributed by atoms with Crippen molar-refractivity contribution in [1.29, 1.82) is 0 Å². The van der Waals surface area contributed by atoms with Crippen LogP contribution in [0.2, 0.25) is 0 Å². The largest absolute Gasteiger partial charge is 0.454 e. The molecule has 0 radical (unpaired) electrons. The van der Waals surface area contributed by atoms with E-state index in [9.17, 15) is 0 Å². The number of benzene rings is 1. The van der Waals surface area contributed by atoms with Crippen molar-refractivity contribution in [2.45, 2.75) is 6.54 Å². The highest BCUT2D eigenvalue weighted by Gasteiger charge is 2.16. The maximum atomic E-state index is 5.48. The molecule has 2 aromatic heterocycles. The van der Waals surface area contributed by atoms with Crippen molar-refractivity contribution >= 4 is 11.5 Å². The number of nitrogens with zero attached hydrogens (tertiary/aromatic N) is 3. The van der Waals surface area contributed by atoms with Gasteiger partial charge in [-0.05, 0) is 12.1 Å². The van der Waals surface area contributed by atoms with E-state index in [1.165, 1.54) is 0 Å². The van der Waals surface area contributed by atoms with Gasteiger partial charge in [0.25, 0.3) is 0 Å². The third-order valence-corrected chi connectivity index (χ3v) is 3.20. The molecule has 6 heteroatoms. The number of anilines is 1. The van der Waals surface area contributed by atoms with Crippen molar-refractivity contribution in [2.75, 3.05) is 12.1 Å². The molecule has 1 aliphatic rings. The first-order valence-electron chi connectivity index (χ1n) is 6.32. The Balaban J connectivity index is 1.57. The second-order valence-electron chi connectivity index (χ2n) is 4.45. The Morgan fingerprint density at radius 3 is 3.20 bits per heavy atom. The minimum atomic E-state index is 0.284. The Kier molecular flexibility index (Phi) is 2.45. The van der Waals surface area contributed by atoms with Crippen LogP contribution >= 0.6 is 0 Å². The maximum Gasteiger partial charge on any atom is 0.231 e. The molecule has 1 aliphatic heterocycles. The van der Waals surface area contributed by atoms with Gasteiger partial charge in [-0.15, -0.1) is 0 Å². The van der Waals surface area contributed by atoms with Crippen molar-refractivity contribution in [3.63, 3.8) is 0 Å². The second kappa shape index (κ2) is 4.41. The smallest absolute Gasteiger partial charge is 0.231 e. The van der Waals surface area contributed by atoms with E-state index in [1.807, 2.05) is 36.5 Å². The summed E-state index contributed by atoms with van der Waals surface area (Å²) in [6, 6.07) is 9.63. The van der Waals surface area contributed by atoms with Gasteiger partial charge in [0, 0.05) is 24.4 Å². The first-order valence-corrected chi connectivity index (χ1v) is 6.32. The third-order valence-electron chi connectivity index (χ3n) is 3.20. The molecule has 0 fully saturated rings. The molecule has 0 aliphatic carbocycles. The Morgan fingerprint density at radius 1 is 1.20 bits per heavy atom. The summed E-state index contributed by atoms with van der Waals surface area (Å²) >= 11 is 0. The first kappa shape index (κ1) is 11.1. The lowest BCUT2D eigenvalue weighted by atomic mass is 10.2. The molecule has 0 bridgehead atoms. The van der Waals surface area contributed by atoms with Crippen LogP contribution in [-0.4, -0.2) is 21.4 Å². The zero-order chi connectivity index (χ0) is 13.4. The van der Waals surface area contributed by atoms with Crippen LogP contribution in [-0.2, 0) is 6.54 Å². The Morgan fingerprint density at radius 2 is 2.20 bits per heavy atom. The highest BCUT2D eigenvalue weighted by Crippen LogP contribution is 2.35. The number of ether oxygens (including phenoxy) is 2. The topological polar surface area (TPSA) is 60.7 Å².